The Morgan fingerprint density at radius 1 is 0.864 bits per heavy atom. The van der Waals surface area contributed by atoms with Gasteiger partial charge in [0.1, 0.15) is 6.61 Å². The highest BCUT2D eigenvalue weighted by atomic mass is 127. The number of hydrogen-bond acceptors (Lipinski definition) is 5. The van der Waals surface area contributed by atoms with Crippen molar-refractivity contribution >= 4 is 57.4 Å². The van der Waals surface area contributed by atoms with Crippen LogP contribution in [0.15, 0.2) is 83.2 Å². The number of carbonyl (C=O) groups is 2. The Hall–Kier alpha value is -2.81. The van der Waals surface area contributed by atoms with Crippen molar-refractivity contribution in [3.05, 3.63) is 114 Å². The first-order valence-electron chi connectivity index (χ1n) is 15.2. The summed E-state index contributed by atoms with van der Waals surface area (Å²) < 4.78 is 13.3. The van der Waals surface area contributed by atoms with Crippen molar-refractivity contribution in [2.75, 3.05) is 13.2 Å². The van der Waals surface area contributed by atoms with Gasteiger partial charge in [0.25, 0.3) is 0 Å². The molecule has 3 aromatic carbocycles. The van der Waals surface area contributed by atoms with E-state index in [1.54, 1.807) is 12.1 Å². The SMILES string of the molecule is CCOc1cc(C2C3=C(CCCC3=O)N(CCc3ccccc3)C3=C2C(=O)CCC3)cc(I)c1OCc1ccc(Cl)cc1Cl. The summed E-state index contributed by atoms with van der Waals surface area (Å²) in [6, 6.07) is 19.8. The molecule has 44 heavy (non-hydrogen) atoms. The zero-order valence-corrected chi connectivity index (χ0v) is 28.3. The van der Waals surface area contributed by atoms with Gasteiger partial charge in [-0.05, 0) is 97.0 Å². The predicted octanol–water partition coefficient (Wildman–Crippen LogP) is 9.23. The monoisotopic (exact) mass is 741 g/mol. The molecule has 5 nitrogen and oxygen atoms in total. The summed E-state index contributed by atoms with van der Waals surface area (Å²) in [6.07, 6.45) is 5.15. The standard InChI is InChI=1S/C36H34Cl2INO4/c1-2-43-32-19-24(18-27(39)36(32)44-21-23-14-15-25(37)20-26(23)38)33-34-28(10-6-12-30(34)41)40(17-16-22-8-4-3-5-9-22)29-11-7-13-31(42)35(29)33/h3-5,8-9,14-15,18-20,33H,2,6-7,10-13,16-17,21H2,1H3. The number of nitrogens with zero attached hydrogens (tertiary/aromatic N) is 1. The molecule has 0 spiro atoms. The minimum Gasteiger partial charge on any atom is -0.490 e. The molecule has 0 saturated heterocycles. The average molecular weight is 742 g/mol. The normalized spacial score (nSPS) is 17.1. The lowest BCUT2D eigenvalue weighted by Gasteiger charge is -2.44. The second-order valence-electron chi connectivity index (χ2n) is 11.4. The molecule has 0 fully saturated rings. The van der Waals surface area contributed by atoms with Gasteiger partial charge in [-0.2, -0.15) is 0 Å². The van der Waals surface area contributed by atoms with Gasteiger partial charge < -0.3 is 14.4 Å². The predicted molar refractivity (Wildman–Crippen MR) is 182 cm³/mol. The Balaban J connectivity index is 1.41. The van der Waals surface area contributed by atoms with Crippen LogP contribution in [0.1, 0.15) is 68.1 Å². The number of carbonyl (C=O) groups excluding carboxylic acids is 2. The number of ether oxygens (including phenoxy) is 2. The quantitative estimate of drug-likeness (QED) is 0.205. The summed E-state index contributed by atoms with van der Waals surface area (Å²) in [6.45, 7) is 3.36. The van der Waals surface area contributed by atoms with Gasteiger partial charge in [-0.15, -0.1) is 0 Å². The molecule has 6 rings (SSSR count). The van der Waals surface area contributed by atoms with E-state index in [1.165, 1.54) is 5.56 Å². The van der Waals surface area contributed by atoms with Gasteiger partial charge >= 0.3 is 0 Å². The molecule has 3 aliphatic rings. The molecule has 8 heteroatoms. The maximum Gasteiger partial charge on any atom is 0.174 e. The van der Waals surface area contributed by atoms with Crippen molar-refractivity contribution in [1.29, 1.82) is 0 Å². The Kier molecular flexibility index (Phi) is 9.69. The first-order valence-corrected chi connectivity index (χ1v) is 17.1. The molecule has 1 aliphatic heterocycles. The Bertz CT molecular complexity index is 1620. The van der Waals surface area contributed by atoms with E-state index < -0.39 is 5.92 Å². The molecule has 0 atom stereocenters. The molecule has 0 saturated carbocycles. The minimum atomic E-state index is -0.416. The second kappa shape index (κ2) is 13.7. The largest absolute Gasteiger partial charge is 0.490 e. The van der Waals surface area contributed by atoms with E-state index in [2.05, 4.69) is 51.8 Å². The number of halogens is 3. The van der Waals surface area contributed by atoms with Crippen LogP contribution in [0.4, 0.5) is 0 Å². The fourth-order valence-corrected chi connectivity index (χ4v) is 7.90. The topological polar surface area (TPSA) is 55.8 Å². The van der Waals surface area contributed by atoms with Gasteiger partial charge in [-0.25, -0.2) is 0 Å². The molecule has 228 valence electrons. The van der Waals surface area contributed by atoms with Gasteiger partial charge in [0.2, 0.25) is 0 Å². The van der Waals surface area contributed by atoms with Crippen LogP contribution in [0.3, 0.4) is 0 Å². The fraction of sp³-hybridized carbons (Fsp3) is 0.333. The van der Waals surface area contributed by atoms with Crippen molar-refractivity contribution in [2.45, 2.75) is 64.4 Å². The van der Waals surface area contributed by atoms with Crippen LogP contribution in [0.5, 0.6) is 11.5 Å². The smallest absolute Gasteiger partial charge is 0.174 e. The summed E-state index contributed by atoms with van der Waals surface area (Å²) in [5.74, 6) is 1.05. The third-order valence-corrected chi connectivity index (χ3v) is 9.99. The van der Waals surface area contributed by atoms with E-state index >= 15 is 0 Å². The van der Waals surface area contributed by atoms with Crippen molar-refractivity contribution < 1.29 is 19.1 Å². The summed E-state index contributed by atoms with van der Waals surface area (Å²) in [5, 5.41) is 1.10. The summed E-state index contributed by atoms with van der Waals surface area (Å²) in [4.78, 5) is 29.9. The third-order valence-electron chi connectivity index (χ3n) is 8.61. The third kappa shape index (κ3) is 6.31. The second-order valence-corrected chi connectivity index (χ2v) is 13.4. The van der Waals surface area contributed by atoms with Crippen molar-refractivity contribution in [2.24, 2.45) is 0 Å². The molecule has 0 bridgehead atoms. The average Bonchev–Trinajstić information content (AvgIpc) is 3.01. The van der Waals surface area contributed by atoms with E-state index in [1.807, 2.05) is 31.2 Å². The van der Waals surface area contributed by atoms with E-state index in [0.717, 1.165) is 75.9 Å². The highest BCUT2D eigenvalue weighted by molar-refractivity contribution is 14.1. The number of benzene rings is 3. The first-order chi connectivity index (χ1) is 21.4. The molecule has 2 aliphatic carbocycles. The van der Waals surface area contributed by atoms with Gasteiger partial charge in [0.15, 0.2) is 23.1 Å². The number of ketones is 2. The number of rotatable bonds is 9. The van der Waals surface area contributed by atoms with Crippen LogP contribution in [-0.4, -0.2) is 29.6 Å². The molecule has 0 aromatic heterocycles. The molecule has 0 unspecified atom stereocenters. The van der Waals surface area contributed by atoms with Crippen LogP contribution < -0.4 is 9.47 Å². The van der Waals surface area contributed by atoms with E-state index in [4.69, 9.17) is 32.7 Å². The lowest BCUT2D eigenvalue weighted by molar-refractivity contribution is -0.117. The van der Waals surface area contributed by atoms with Gasteiger partial charge in [-0.1, -0.05) is 59.6 Å². The highest BCUT2D eigenvalue weighted by Crippen LogP contribution is 2.51. The van der Waals surface area contributed by atoms with Gasteiger partial charge in [-0.3, -0.25) is 9.59 Å². The number of hydrogen-bond donors (Lipinski definition) is 0. The van der Waals surface area contributed by atoms with Gasteiger partial charge in [0.05, 0.1) is 10.2 Å². The Morgan fingerprint density at radius 2 is 1.55 bits per heavy atom. The Morgan fingerprint density at radius 3 is 2.18 bits per heavy atom. The lowest BCUT2D eigenvalue weighted by atomic mass is 9.71. The van der Waals surface area contributed by atoms with Gasteiger partial charge in [0, 0.05) is 63.5 Å². The number of allylic oxidation sites excluding steroid dienone is 4. The van der Waals surface area contributed by atoms with Crippen LogP contribution in [-0.2, 0) is 22.6 Å². The maximum atomic E-state index is 13.8. The van der Waals surface area contributed by atoms with Crippen LogP contribution in [0, 0.1) is 3.57 Å². The van der Waals surface area contributed by atoms with Crippen LogP contribution >= 0.6 is 45.8 Å². The van der Waals surface area contributed by atoms with E-state index in [0.29, 0.717) is 41.0 Å². The van der Waals surface area contributed by atoms with Crippen LogP contribution in [0.2, 0.25) is 10.0 Å². The fourth-order valence-electron chi connectivity index (χ4n) is 6.65. The first kappa shape index (κ1) is 31.2. The number of Topliss-reactive ketones (excluding diaryl/α,β-unsaturated/α-hetero) is 2. The molecular weight excluding hydrogens is 708 g/mol. The molecule has 0 radical (unpaired) electrons. The zero-order chi connectivity index (χ0) is 30.8. The summed E-state index contributed by atoms with van der Waals surface area (Å²) in [7, 11) is 0. The molecular formula is C36H34Cl2INO4. The lowest BCUT2D eigenvalue weighted by Crippen LogP contribution is -2.40. The summed E-state index contributed by atoms with van der Waals surface area (Å²) in [5.41, 5.74) is 6.67. The van der Waals surface area contributed by atoms with E-state index in [-0.39, 0.29) is 18.2 Å². The highest BCUT2D eigenvalue weighted by Gasteiger charge is 2.43. The van der Waals surface area contributed by atoms with Crippen molar-refractivity contribution in [3.8, 4) is 11.5 Å². The zero-order valence-electron chi connectivity index (χ0n) is 24.6. The van der Waals surface area contributed by atoms with E-state index in [9.17, 15) is 9.59 Å². The molecule has 0 N–H and O–H groups in total. The van der Waals surface area contributed by atoms with Crippen molar-refractivity contribution in [1.82, 2.24) is 4.90 Å². The maximum absolute atomic E-state index is 13.8. The summed E-state index contributed by atoms with van der Waals surface area (Å²) >= 11 is 14.8. The molecule has 0 amide bonds. The van der Waals surface area contributed by atoms with Crippen LogP contribution in [0.25, 0.3) is 0 Å². The Labute approximate surface area is 282 Å². The molecule has 3 aromatic rings. The minimum absolute atomic E-state index is 0.136. The van der Waals surface area contributed by atoms with Crippen molar-refractivity contribution in [3.63, 3.8) is 0 Å². The molecule has 1 heterocycles.